The van der Waals surface area contributed by atoms with Gasteiger partial charge in [-0.15, -0.1) is 0 Å². The van der Waals surface area contributed by atoms with Crippen LogP contribution < -0.4 is 5.73 Å². The van der Waals surface area contributed by atoms with Gasteiger partial charge in [-0.3, -0.25) is 14.5 Å². The molecular weight excluding hydrogens is 546 g/mol. The van der Waals surface area contributed by atoms with E-state index in [9.17, 15) is 24.0 Å². The molecule has 2 aromatic rings. The Morgan fingerprint density at radius 1 is 0.929 bits per heavy atom. The molecule has 0 spiro atoms. The molecule has 2 aromatic carbocycles. The number of carbonyl (C=O) groups excluding carboxylic acids is 5. The van der Waals surface area contributed by atoms with Crippen LogP contribution in [0.5, 0.6) is 0 Å². The number of benzene rings is 2. The van der Waals surface area contributed by atoms with Crippen molar-refractivity contribution in [3.05, 3.63) is 71.3 Å². The number of ketones is 1. The van der Waals surface area contributed by atoms with E-state index in [2.05, 4.69) is 4.99 Å². The van der Waals surface area contributed by atoms with Crippen LogP contribution >= 0.6 is 0 Å². The number of carbonyl (C=O) groups is 5. The van der Waals surface area contributed by atoms with Gasteiger partial charge in [-0.25, -0.2) is 14.4 Å². The number of amidine groups is 1. The molecule has 0 saturated carbocycles. The standard InChI is InChI=1S/C30H35N3O9/c1-3-7-26(35)42-41-24-14-16-33(17-15-24)28(36)20(2)18-25(34)21-10-12-22(13-11-21)27(31)32-30(38)40-19-39-29(37)23-8-5-4-6-9-23/h4-6,8-13,20,24H,3,7,14-19H2,1-2H3,(H2,31,32,38). The van der Waals surface area contributed by atoms with Crippen LogP contribution in [0.4, 0.5) is 4.79 Å². The minimum Gasteiger partial charge on any atom is -0.424 e. The molecule has 0 radical (unpaired) electrons. The lowest BCUT2D eigenvalue weighted by molar-refractivity contribution is -0.303. The number of hydrogen-bond donors (Lipinski definition) is 1. The first-order valence-electron chi connectivity index (χ1n) is 13.7. The van der Waals surface area contributed by atoms with Crippen molar-refractivity contribution in [2.75, 3.05) is 19.9 Å². The summed E-state index contributed by atoms with van der Waals surface area (Å²) in [7, 11) is 0. The molecule has 1 aliphatic rings. The Morgan fingerprint density at radius 3 is 2.21 bits per heavy atom. The molecular formula is C30H35N3O9. The zero-order valence-corrected chi connectivity index (χ0v) is 23.7. The maximum absolute atomic E-state index is 12.9. The van der Waals surface area contributed by atoms with Crippen LogP contribution in [0, 0.1) is 5.92 Å². The average Bonchev–Trinajstić information content (AvgIpc) is 3.00. The molecule has 3 rings (SSSR count). The van der Waals surface area contributed by atoms with Gasteiger partial charge in [0.1, 0.15) is 11.9 Å². The first-order chi connectivity index (χ1) is 20.2. The number of nitrogens with zero attached hydrogens (tertiary/aromatic N) is 2. The quantitative estimate of drug-likeness (QED) is 0.0741. The summed E-state index contributed by atoms with van der Waals surface area (Å²) in [6.07, 6.45) is 0.726. The number of likely N-dealkylation sites (tertiary alicyclic amines) is 1. The fourth-order valence-corrected chi connectivity index (χ4v) is 4.15. The summed E-state index contributed by atoms with van der Waals surface area (Å²) >= 11 is 0. The number of nitrogens with two attached hydrogens (primary N) is 1. The molecule has 1 aliphatic heterocycles. The molecule has 2 amide bonds. The Kier molecular flexibility index (Phi) is 12.2. The smallest absolute Gasteiger partial charge is 0.424 e. The summed E-state index contributed by atoms with van der Waals surface area (Å²) in [6.45, 7) is 3.83. The van der Waals surface area contributed by atoms with E-state index in [1.54, 1.807) is 42.2 Å². The van der Waals surface area contributed by atoms with E-state index in [-0.39, 0.29) is 36.5 Å². The van der Waals surface area contributed by atoms with E-state index in [1.165, 1.54) is 24.3 Å². The third kappa shape index (κ3) is 9.81. The predicted octanol–water partition coefficient (Wildman–Crippen LogP) is 3.82. The number of ether oxygens (including phenoxy) is 2. The van der Waals surface area contributed by atoms with Gasteiger partial charge < -0.3 is 20.1 Å². The molecule has 0 bridgehead atoms. The molecule has 1 fully saturated rings. The van der Waals surface area contributed by atoms with Crippen molar-refractivity contribution in [3.63, 3.8) is 0 Å². The highest BCUT2D eigenvalue weighted by molar-refractivity contribution is 6.04. The summed E-state index contributed by atoms with van der Waals surface area (Å²) < 4.78 is 9.64. The zero-order valence-electron chi connectivity index (χ0n) is 23.7. The van der Waals surface area contributed by atoms with E-state index in [4.69, 9.17) is 25.0 Å². The van der Waals surface area contributed by atoms with Crippen molar-refractivity contribution >= 4 is 35.6 Å². The first kappa shape index (κ1) is 31.9. The second-order valence-corrected chi connectivity index (χ2v) is 9.75. The highest BCUT2D eigenvalue weighted by Gasteiger charge is 2.28. The number of piperidine rings is 1. The van der Waals surface area contributed by atoms with Crippen molar-refractivity contribution in [2.24, 2.45) is 16.6 Å². The van der Waals surface area contributed by atoms with E-state index in [0.29, 0.717) is 49.0 Å². The predicted molar refractivity (Wildman–Crippen MR) is 150 cm³/mol. The molecule has 1 saturated heterocycles. The van der Waals surface area contributed by atoms with Crippen molar-refractivity contribution in [2.45, 2.75) is 52.1 Å². The largest absolute Gasteiger partial charge is 0.438 e. The monoisotopic (exact) mass is 581 g/mol. The number of Topliss-reactive ketones (excluding diaryl/α,β-unsaturated/α-hetero) is 1. The summed E-state index contributed by atoms with van der Waals surface area (Å²) in [6, 6.07) is 14.3. The van der Waals surface area contributed by atoms with Crippen molar-refractivity contribution in [1.29, 1.82) is 0 Å². The van der Waals surface area contributed by atoms with Crippen molar-refractivity contribution in [3.8, 4) is 0 Å². The van der Waals surface area contributed by atoms with Gasteiger partial charge in [-0.05, 0) is 31.4 Å². The van der Waals surface area contributed by atoms with Crippen LogP contribution in [-0.2, 0) is 28.8 Å². The number of rotatable bonds is 12. The topological polar surface area (TPSA) is 164 Å². The van der Waals surface area contributed by atoms with Gasteiger partial charge >= 0.3 is 18.0 Å². The lowest BCUT2D eigenvalue weighted by Crippen LogP contribution is -2.43. The number of aliphatic imine (C=N–C) groups is 1. The van der Waals surface area contributed by atoms with Crippen LogP contribution in [0.15, 0.2) is 59.6 Å². The molecule has 0 aromatic heterocycles. The molecule has 2 N–H and O–H groups in total. The average molecular weight is 582 g/mol. The third-order valence-corrected chi connectivity index (χ3v) is 6.49. The van der Waals surface area contributed by atoms with Gasteiger partial charge in [0.2, 0.25) is 12.7 Å². The normalized spacial score (nSPS) is 14.5. The van der Waals surface area contributed by atoms with Crippen LogP contribution in [0.25, 0.3) is 0 Å². The molecule has 224 valence electrons. The Balaban J connectivity index is 1.42. The van der Waals surface area contributed by atoms with Gasteiger partial charge in [-0.2, -0.15) is 9.88 Å². The van der Waals surface area contributed by atoms with E-state index >= 15 is 0 Å². The molecule has 1 atom stereocenters. The van der Waals surface area contributed by atoms with Crippen LogP contribution in [0.3, 0.4) is 0 Å². The van der Waals surface area contributed by atoms with Gasteiger partial charge in [0.25, 0.3) is 0 Å². The molecule has 1 heterocycles. The van der Waals surface area contributed by atoms with Gasteiger partial charge in [-0.1, -0.05) is 56.3 Å². The maximum atomic E-state index is 12.9. The second kappa shape index (κ2) is 16.0. The van der Waals surface area contributed by atoms with Crippen LogP contribution in [-0.4, -0.2) is 66.4 Å². The molecule has 12 heteroatoms. The van der Waals surface area contributed by atoms with E-state index in [1.807, 2.05) is 6.92 Å². The fraction of sp³-hybridized carbons (Fsp3) is 0.400. The minimum absolute atomic E-state index is 0.0147. The Hall–Kier alpha value is -4.58. The SMILES string of the molecule is CCCC(=O)OOC1CCN(C(=O)C(C)CC(=O)c2ccc(/C(N)=N\C(=O)OCOC(=O)c3ccccc3)cc2)CC1. The first-order valence-corrected chi connectivity index (χ1v) is 13.7. The zero-order chi connectivity index (χ0) is 30.5. The summed E-state index contributed by atoms with van der Waals surface area (Å²) in [5, 5.41) is 0. The van der Waals surface area contributed by atoms with Gasteiger partial charge in [0.05, 0.1) is 5.56 Å². The second-order valence-electron chi connectivity index (χ2n) is 9.75. The summed E-state index contributed by atoms with van der Waals surface area (Å²) in [4.78, 5) is 76.3. The lowest BCUT2D eigenvalue weighted by Gasteiger charge is -2.32. The van der Waals surface area contributed by atoms with E-state index in [0.717, 1.165) is 0 Å². The Bertz CT molecular complexity index is 1270. The maximum Gasteiger partial charge on any atom is 0.438 e. The summed E-state index contributed by atoms with van der Waals surface area (Å²) in [5.74, 6) is -2.10. The molecule has 42 heavy (non-hydrogen) atoms. The van der Waals surface area contributed by atoms with Crippen molar-refractivity contribution in [1.82, 2.24) is 4.90 Å². The number of esters is 1. The molecule has 1 unspecified atom stereocenters. The Morgan fingerprint density at radius 2 is 1.57 bits per heavy atom. The van der Waals surface area contributed by atoms with Gasteiger partial charge in [0, 0.05) is 43.0 Å². The lowest BCUT2D eigenvalue weighted by atomic mass is 9.96. The molecule has 12 nitrogen and oxygen atoms in total. The fourth-order valence-electron chi connectivity index (χ4n) is 4.15. The third-order valence-electron chi connectivity index (χ3n) is 6.49. The Labute approximate surface area is 243 Å². The summed E-state index contributed by atoms with van der Waals surface area (Å²) in [5.41, 5.74) is 6.94. The highest BCUT2D eigenvalue weighted by atomic mass is 17.2. The number of hydrogen-bond acceptors (Lipinski definition) is 9. The molecule has 0 aliphatic carbocycles. The van der Waals surface area contributed by atoms with Crippen LogP contribution in [0.2, 0.25) is 0 Å². The van der Waals surface area contributed by atoms with Crippen molar-refractivity contribution < 1.29 is 43.2 Å². The highest BCUT2D eigenvalue weighted by Crippen LogP contribution is 2.19. The minimum atomic E-state index is -1.05. The van der Waals surface area contributed by atoms with Gasteiger partial charge in [0.15, 0.2) is 5.78 Å². The van der Waals surface area contributed by atoms with Crippen LogP contribution in [0.1, 0.15) is 72.2 Å². The number of amides is 2. The van der Waals surface area contributed by atoms with E-state index < -0.39 is 30.7 Å².